The molecule has 0 bridgehead atoms. The van der Waals surface area contributed by atoms with Gasteiger partial charge in [-0.15, -0.1) is 0 Å². The van der Waals surface area contributed by atoms with Gasteiger partial charge in [-0.05, 0) is 18.6 Å². The molecule has 0 N–H and O–H groups in total. The maximum atomic E-state index is 5.54. The quantitative estimate of drug-likeness (QED) is 0.744. The van der Waals surface area contributed by atoms with E-state index >= 15 is 0 Å². The van der Waals surface area contributed by atoms with Crippen LogP contribution in [0.3, 0.4) is 0 Å². The highest BCUT2D eigenvalue weighted by Gasteiger charge is 2.17. The fourth-order valence-corrected chi connectivity index (χ4v) is 1.71. The van der Waals surface area contributed by atoms with Crippen molar-refractivity contribution in [3.63, 3.8) is 0 Å². The van der Waals surface area contributed by atoms with Gasteiger partial charge in [-0.2, -0.15) is 0 Å². The highest BCUT2D eigenvalue weighted by atomic mass is 16.5. The van der Waals surface area contributed by atoms with Gasteiger partial charge in [-0.25, -0.2) is 0 Å². The molecule has 3 heteroatoms. The summed E-state index contributed by atoms with van der Waals surface area (Å²) in [5.41, 5.74) is 2.19. The fourth-order valence-electron chi connectivity index (χ4n) is 1.71. The maximum Gasteiger partial charge on any atom is 0.134 e. The van der Waals surface area contributed by atoms with Crippen molar-refractivity contribution < 1.29 is 14.2 Å². The molecule has 80 valence electrons. The minimum atomic E-state index is 0.606. The van der Waals surface area contributed by atoms with E-state index in [0.29, 0.717) is 6.61 Å². The van der Waals surface area contributed by atoms with E-state index < -0.39 is 0 Å². The molecule has 0 unspecified atom stereocenters. The Hall–Kier alpha value is -1.64. The molecule has 1 aromatic rings. The van der Waals surface area contributed by atoms with E-state index in [9.17, 15) is 0 Å². The van der Waals surface area contributed by atoms with Crippen LogP contribution in [0.25, 0.3) is 5.57 Å². The molecule has 1 aromatic carbocycles. The van der Waals surface area contributed by atoms with Gasteiger partial charge in [0, 0.05) is 12.1 Å². The number of rotatable bonds is 2. The molecule has 0 atom stereocenters. The molecule has 0 radical (unpaired) electrons. The monoisotopic (exact) mass is 206 g/mol. The van der Waals surface area contributed by atoms with Crippen molar-refractivity contribution in [2.45, 2.75) is 6.92 Å². The van der Waals surface area contributed by atoms with Gasteiger partial charge in [-0.1, -0.05) is 0 Å². The van der Waals surface area contributed by atoms with Crippen LogP contribution in [0.4, 0.5) is 0 Å². The molecule has 0 fully saturated rings. The summed E-state index contributed by atoms with van der Waals surface area (Å²) in [6, 6.07) is 3.75. The average Bonchev–Trinajstić information content (AvgIpc) is 2.27. The molecule has 2 rings (SSSR count). The second kappa shape index (κ2) is 3.85. The lowest BCUT2D eigenvalue weighted by atomic mass is 10.0. The standard InChI is InChI=1S/C12H14O3/c1-8-4-5-15-11-7-9(13-2)6-10(14-3)12(8)11/h4,6-7H,5H2,1-3H3. The summed E-state index contributed by atoms with van der Waals surface area (Å²) in [4.78, 5) is 0. The highest BCUT2D eigenvalue weighted by Crippen LogP contribution is 2.40. The molecule has 15 heavy (non-hydrogen) atoms. The summed E-state index contributed by atoms with van der Waals surface area (Å²) in [5.74, 6) is 2.37. The summed E-state index contributed by atoms with van der Waals surface area (Å²) in [6.07, 6.45) is 2.04. The molecule has 0 aliphatic carbocycles. The van der Waals surface area contributed by atoms with E-state index in [1.54, 1.807) is 14.2 Å². The third kappa shape index (κ3) is 1.65. The molecule has 0 spiro atoms. The van der Waals surface area contributed by atoms with Crippen LogP contribution in [0, 0.1) is 0 Å². The number of hydrogen-bond acceptors (Lipinski definition) is 3. The van der Waals surface area contributed by atoms with Gasteiger partial charge < -0.3 is 14.2 Å². The van der Waals surface area contributed by atoms with Crippen molar-refractivity contribution in [2.75, 3.05) is 20.8 Å². The SMILES string of the molecule is COc1cc(OC)c2c(c1)OCC=C2C. The van der Waals surface area contributed by atoms with Crippen LogP contribution in [-0.4, -0.2) is 20.8 Å². The molecular weight excluding hydrogens is 192 g/mol. The molecule has 3 nitrogen and oxygen atoms in total. The Morgan fingerprint density at radius 2 is 2.00 bits per heavy atom. The first-order chi connectivity index (χ1) is 7.26. The number of ether oxygens (including phenoxy) is 3. The van der Waals surface area contributed by atoms with Crippen LogP contribution < -0.4 is 14.2 Å². The minimum absolute atomic E-state index is 0.606. The van der Waals surface area contributed by atoms with Gasteiger partial charge in [0.2, 0.25) is 0 Å². The Morgan fingerprint density at radius 1 is 1.20 bits per heavy atom. The van der Waals surface area contributed by atoms with Gasteiger partial charge in [0.15, 0.2) is 0 Å². The van der Waals surface area contributed by atoms with Crippen molar-refractivity contribution in [2.24, 2.45) is 0 Å². The normalized spacial score (nSPS) is 13.7. The Morgan fingerprint density at radius 3 is 2.67 bits per heavy atom. The smallest absolute Gasteiger partial charge is 0.134 e. The van der Waals surface area contributed by atoms with Crippen molar-refractivity contribution in [1.82, 2.24) is 0 Å². The zero-order valence-electron chi connectivity index (χ0n) is 9.16. The highest BCUT2D eigenvalue weighted by molar-refractivity contribution is 5.76. The summed E-state index contributed by atoms with van der Waals surface area (Å²) in [5, 5.41) is 0. The van der Waals surface area contributed by atoms with Crippen LogP contribution >= 0.6 is 0 Å². The van der Waals surface area contributed by atoms with Crippen LogP contribution in [0.15, 0.2) is 18.2 Å². The van der Waals surface area contributed by atoms with Crippen LogP contribution in [-0.2, 0) is 0 Å². The average molecular weight is 206 g/mol. The molecule has 1 aliphatic rings. The largest absolute Gasteiger partial charge is 0.496 e. The topological polar surface area (TPSA) is 27.7 Å². The third-order valence-corrected chi connectivity index (χ3v) is 2.52. The molecular formula is C12H14O3. The maximum absolute atomic E-state index is 5.54. The molecule has 0 aromatic heterocycles. The van der Waals surface area contributed by atoms with Crippen LogP contribution in [0.2, 0.25) is 0 Å². The predicted molar refractivity (Wildman–Crippen MR) is 58.7 cm³/mol. The Kier molecular flexibility index (Phi) is 2.54. The van der Waals surface area contributed by atoms with Gasteiger partial charge >= 0.3 is 0 Å². The molecule has 1 aliphatic heterocycles. The van der Waals surface area contributed by atoms with E-state index in [2.05, 4.69) is 6.92 Å². The number of allylic oxidation sites excluding steroid dienone is 1. The lowest BCUT2D eigenvalue weighted by Crippen LogP contribution is -2.05. The number of benzene rings is 1. The molecule has 1 heterocycles. The van der Waals surface area contributed by atoms with Gasteiger partial charge in [-0.3, -0.25) is 0 Å². The molecule has 0 saturated carbocycles. The first kappa shape index (κ1) is 9.90. The first-order valence-electron chi connectivity index (χ1n) is 4.82. The van der Waals surface area contributed by atoms with Crippen molar-refractivity contribution in [3.05, 3.63) is 23.8 Å². The van der Waals surface area contributed by atoms with E-state index in [1.165, 1.54) is 5.57 Å². The second-order valence-electron chi connectivity index (χ2n) is 3.40. The molecule has 0 saturated heterocycles. The summed E-state index contributed by atoms with van der Waals surface area (Å²) in [6.45, 7) is 2.66. The van der Waals surface area contributed by atoms with Crippen LogP contribution in [0.5, 0.6) is 17.2 Å². The van der Waals surface area contributed by atoms with Gasteiger partial charge in [0.1, 0.15) is 23.9 Å². The Labute approximate surface area is 89.3 Å². The Bertz CT molecular complexity index is 408. The van der Waals surface area contributed by atoms with Crippen molar-refractivity contribution in [1.29, 1.82) is 0 Å². The van der Waals surface area contributed by atoms with E-state index in [-0.39, 0.29) is 0 Å². The predicted octanol–water partition coefficient (Wildman–Crippen LogP) is 2.50. The van der Waals surface area contributed by atoms with Crippen molar-refractivity contribution in [3.8, 4) is 17.2 Å². The fraction of sp³-hybridized carbons (Fsp3) is 0.333. The van der Waals surface area contributed by atoms with Crippen molar-refractivity contribution >= 4 is 5.57 Å². The summed E-state index contributed by atoms with van der Waals surface area (Å²) < 4.78 is 16.0. The van der Waals surface area contributed by atoms with E-state index in [1.807, 2.05) is 18.2 Å². The number of fused-ring (bicyclic) bond motifs is 1. The van der Waals surface area contributed by atoms with Gasteiger partial charge in [0.05, 0.1) is 19.8 Å². The zero-order valence-corrected chi connectivity index (χ0v) is 9.16. The minimum Gasteiger partial charge on any atom is -0.496 e. The van der Waals surface area contributed by atoms with E-state index in [0.717, 1.165) is 22.8 Å². The number of hydrogen-bond donors (Lipinski definition) is 0. The first-order valence-corrected chi connectivity index (χ1v) is 4.82. The van der Waals surface area contributed by atoms with Crippen LogP contribution in [0.1, 0.15) is 12.5 Å². The summed E-state index contributed by atoms with van der Waals surface area (Å²) in [7, 11) is 3.28. The van der Waals surface area contributed by atoms with Gasteiger partial charge in [0.25, 0.3) is 0 Å². The Balaban J connectivity index is 2.59. The molecule has 0 amide bonds. The second-order valence-corrected chi connectivity index (χ2v) is 3.40. The third-order valence-electron chi connectivity index (χ3n) is 2.52. The lowest BCUT2D eigenvalue weighted by molar-refractivity contribution is 0.342. The zero-order chi connectivity index (χ0) is 10.8. The number of methoxy groups -OCH3 is 2. The van der Waals surface area contributed by atoms with E-state index in [4.69, 9.17) is 14.2 Å². The summed E-state index contributed by atoms with van der Waals surface area (Å²) >= 11 is 0. The lowest BCUT2D eigenvalue weighted by Gasteiger charge is -2.20.